The third-order valence-corrected chi connectivity index (χ3v) is 5.00. The van der Waals surface area contributed by atoms with E-state index < -0.39 is 17.7 Å². The van der Waals surface area contributed by atoms with Crippen LogP contribution in [-0.4, -0.2) is 22.9 Å². The van der Waals surface area contributed by atoms with Crippen LogP contribution in [0.25, 0.3) is 0 Å². The van der Waals surface area contributed by atoms with E-state index in [9.17, 15) is 9.59 Å². The van der Waals surface area contributed by atoms with Gasteiger partial charge in [0, 0.05) is 35.6 Å². The number of carbonyl (C=O) groups is 1. The first kappa shape index (κ1) is 23.1. The van der Waals surface area contributed by atoms with E-state index >= 15 is 0 Å². The lowest BCUT2D eigenvalue weighted by Crippen LogP contribution is -2.38. The van der Waals surface area contributed by atoms with Crippen molar-refractivity contribution >= 4 is 34.7 Å². The zero-order valence-corrected chi connectivity index (χ0v) is 18.2. The Morgan fingerprint density at radius 3 is 2.59 bits per heavy atom. The van der Waals surface area contributed by atoms with Gasteiger partial charge in [0.25, 0.3) is 11.5 Å². The van der Waals surface area contributed by atoms with Crippen molar-refractivity contribution in [2.45, 2.75) is 19.7 Å². The molecule has 0 bridgehead atoms. The van der Waals surface area contributed by atoms with Gasteiger partial charge in [0.1, 0.15) is 11.5 Å². The van der Waals surface area contributed by atoms with Crippen molar-refractivity contribution in [3.8, 4) is 0 Å². The molecular weight excluding hydrogens is 430 g/mol. The number of nitrogens with one attached hydrogen (secondary N) is 3. The number of amides is 1. The Balaban J connectivity index is 1.79. The van der Waals surface area contributed by atoms with Crippen molar-refractivity contribution in [2.75, 3.05) is 11.9 Å². The summed E-state index contributed by atoms with van der Waals surface area (Å²) in [6.07, 6.45) is 0.354. The summed E-state index contributed by atoms with van der Waals surface area (Å²) in [5, 5.41) is 13.7. The third kappa shape index (κ3) is 5.54. The van der Waals surface area contributed by atoms with Gasteiger partial charge in [-0.15, -0.1) is 0 Å². The van der Waals surface area contributed by atoms with Crippen LogP contribution in [0.15, 0.2) is 71.7 Å². The van der Waals surface area contributed by atoms with Gasteiger partial charge in [-0.25, -0.2) is 0 Å². The minimum absolute atomic E-state index is 0.0951. The van der Waals surface area contributed by atoms with Gasteiger partial charge < -0.3 is 21.1 Å². The molecule has 1 heterocycles. The lowest BCUT2D eigenvalue weighted by atomic mass is 10.1. The fourth-order valence-corrected chi connectivity index (χ4v) is 3.28. The van der Waals surface area contributed by atoms with Crippen molar-refractivity contribution in [1.29, 1.82) is 5.41 Å². The molecule has 8 nitrogen and oxygen atoms in total. The summed E-state index contributed by atoms with van der Waals surface area (Å²) < 4.78 is 6.83. The highest BCUT2D eigenvalue weighted by Crippen LogP contribution is 2.19. The summed E-state index contributed by atoms with van der Waals surface area (Å²) >= 11 is 6.24. The van der Waals surface area contributed by atoms with E-state index in [4.69, 9.17) is 27.5 Å². The van der Waals surface area contributed by atoms with E-state index in [1.54, 1.807) is 37.3 Å². The first-order valence-corrected chi connectivity index (χ1v) is 10.3. The molecule has 32 heavy (non-hydrogen) atoms. The Morgan fingerprint density at radius 1 is 1.19 bits per heavy atom. The number of amidine groups is 1. The molecule has 0 saturated heterocycles. The average molecular weight is 454 g/mol. The quantitative estimate of drug-likeness (QED) is 0.292. The van der Waals surface area contributed by atoms with Gasteiger partial charge in [-0.2, -0.15) is 0 Å². The molecule has 166 valence electrons. The molecular formula is C23H24ClN5O3. The number of hydrogen-bond acceptors (Lipinski definition) is 5. The predicted molar refractivity (Wildman–Crippen MR) is 125 cm³/mol. The number of nitrogen functional groups attached to an aromatic ring is 1. The van der Waals surface area contributed by atoms with Crippen molar-refractivity contribution in [3.05, 3.63) is 93.4 Å². The Hall–Kier alpha value is -3.62. The maximum Gasteiger partial charge on any atom is 0.276 e. The van der Waals surface area contributed by atoms with E-state index in [2.05, 4.69) is 10.6 Å². The van der Waals surface area contributed by atoms with Gasteiger partial charge in [0.05, 0.1) is 0 Å². The second-order valence-corrected chi connectivity index (χ2v) is 7.28. The fourth-order valence-electron chi connectivity index (χ4n) is 3.03. The van der Waals surface area contributed by atoms with Crippen LogP contribution >= 0.6 is 11.6 Å². The second-order valence-electron chi connectivity index (χ2n) is 6.87. The number of anilines is 2. The van der Waals surface area contributed by atoms with Crippen LogP contribution in [0.1, 0.15) is 24.3 Å². The predicted octanol–water partition coefficient (Wildman–Crippen LogP) is 3.38. The molecule has 0 radical (unpaired) electrons. The minimum atomic E-state index is -1.15. The van der Waals surface area contributed by atoms with E-state index in [1.807, 2.05) is 30.3 Å². The summed E-state index contributed by atoms with van der Waals surface area (Å²) in [4.78, 5) is 25.9. The molecule has 1 unspecified atom stereocenters. The molecule has 0 fully saturated rings. The van der Waals surface area contributed by atoms with Crippen molar-refractivity contribution in [3.63, 3.8) is 0 Å². The van der Waals surface area contributed by atoms with Crippen LogP contribution in [0, 0.1) is 5.41 Å². The second kappa shape index (κ2) is 10.6. The molecule has 9 heteroatoms. The molecule has 3 aromatic rings. The topological polar surface area (TPSA) is 122 Å². The Bertz CT molecular complexity index is 1160. The number of nitrogens with zero attached hydrogens (tertiary/aromatic N) is 1. The molecule has 1 amide bonds. The molecule has 1 atom stereocenters. The van der Waals surface area contributed by atoms with Crippen LogP contribution in [0.5, 0.6) is 0 Å². The summed E-state index contributed by atoms with van der Waals surface area (Å²) in [5.74, 6) is -0.584. The highest BCUT2D eigenvalue weighted by molar-refractivity contribution is 6.31. The zero-order valence-electron chi connectivity index (χ0n) is 17.5. The Kier molecular flexibility index (Phi) is 7.64. The third-order valence-electron chi connectivity index (χ3n) is 4.65. The van der Waals surface area contributed by atoms with Gasteiger partial charge in [-0.1, -0.05) is 41.9 Å². The van der Waals surface area contributed by atoms with E-state index in [0.29, 0.717) is 21.8 Å². The van der Waals surface area contributed by atoms with Crippen molar-refractivity contribution < 1.29 is 9.53 Å². The first-order chi connectivity index (χ1) is 15.4. The van der Waals surface area contributed by atoms with E-state index in [0.717, 1.165) is 5.69 Å². The Morgan fingerprint density at radius 2 is 1.94 bits per heavy atom. The SMILES string of the molecule is CCOC(C(=O)NCc1ccc(C(=N)N)cc1Cl)n1cccc(Nc2ccccc2)c1=O. The molecule has 2 aromatic carbocycles. The number of nitrogens with two attached hydrogens (primary N) is 1. The van der Waals surface area contributed by atoms with Crippen LogP contribution < -0.4 is 21.9 Å². The number of rotatable bonds is 9. The highest BCUT2D eigenvalue weighted by Gasteiger charge is 2.23. The number of halogens is 1. The van der Waals surface area contributed by atoms with Gasteiger partial charge >= 0.3 is 0 Å². The number of benzene rings is 2. The van der Waals surface area contributed by atoms with E-state index in [-0.39, 0.29) is 19.0 Å². The number of pyridine rings is 1. The van der Waals surface area contributed by atoms with Gasteiger partial charge in [0.15, 0.2) is 0 Å². The maximum absolute atomic E-state index is 13.0. The molecule has 0 aliphatic carbocycles. The number of para-hydroxylation sites is 1. The van der Waals surface area contributed by atoms with Crippen LogP contribution in [0.4, 0.5) is 11.4 Å². The van der Waals surface area contributed by atoms with Gasteiger partial charge in [-0.05, 0) is 42.8 Å². The first-order valence-electron chi connectivity index (χ1n) is 9.96. The standard InChI is InChI=1S/C23H24ClN5O3/c1-2-32-23(21(30)27-14-16-11-10-15(20(25)26)13-18(16)24)29-12-6-9-19(22(29)31)28-17-7-4-3-5-8-17/h3-13,23,28H,2,14H2,1H3,(H3,25,26)(H,27,30). The molecule has 0 aliphatic rings. The zero-order chi connectivity index (χ0) is 23.1. The number of ether oxygens (including phenoxy) is 1. The summed E-state index contributed by atoms with van der Waals surface area (Å²) in [5.41, 5.74) is 7.28. The van der Waals surface area contributed by atoms with Crippen LogP contribution in [-0.2, 0) is 16.1 Å². The highest BCUT2D eigenvalue weighted by atomic mass is 35.5. The summed E-state index contributed by atoms with van der Waals surface area (Å²) in [6.45, 7) is 2.10. The monoisotopic (exact) mass is 453 g/mol. The maximum atomic E-state index is 13.0. The van der Waals surface area contributed by atoms with Gasteiger partial charge in [0.2, 0.25) is 6.23 Å². The summed E-state index contributed by atoms with van der Waals surface area (Å²) in [6, 6.07) is 17.5. The molecule has 0 spiro atoms. The lowest BCUT2D eigenvalue weighted by Gasteiger charge is -2.20. The lowest BCUT2D eigenvalue weighted by molar-refractivity contribution is -0.139. The minimum Gasteiger partial charge on any atom is -0.384 e. The molecule has 1 aromatic heterocycles. The number of aromatic nitrogens is 1. The summed E-state index contributed by atoms with van der Waals surface area (Å²) in [7, 11) is 0. The fraction of sp³-hybridized carbons (Fsp3) is 0.174. The largest absolute Gasteiger partial charge is 0.384 e. The van der Waals surface area contributed by atoms with Crippen LogP contribution in [0.3, 0.4) is 0 Å². The van der Waals surface area contributed by atoms with Crippen molar-refractivity contribution in [1.82, 2.24) is 9.88 Å². The van der Waals surface area contributed by atoms with Crippen molar-refractivity contribution in [2.24, 2.45) is 5.73 Å². The number of hydrogen-bond donors (Lipinski definition) is 4. The normalized spacial score (nSPS) is 11.6. The molecule has 0 saturated carbocycles. The Labute approximate surface area is 190 Å². The average Bonchev–Trinajstić information content (AvgIpc) is 2.78. The smallest absolute Gasteiger partial charge is 0.276 e. The van der Waals surface area contributed by atoms with Gasteiger partial charge in [-0.3, -0.25) is 19.6 Å². The number of carbonyl (C=O) groups excluding carboxylic acids is 1. The van der Waals surface area contributed by atoms with Crippen LogP contribution in [0.2, 0.25) is 5.02 Å². The molecule has 3 rings (SSSR count). The molecule has 0 aliphatic heterocycles. The van der Waals surface area contributed by atoms with E-state index in [1.165, 1.54) is 10.8 Å². The molecule has 5 N–H and O–H groups in total.